The highest BCUT2D eigenvalue weighted by atomic mass is 32.1. The first-order valence-electron chi connectivity index (χ1n) is 6.53. The molecular formula is C14H21N3O3S. The Morgan fingerprint density at radius 1 is 1.29 bits per heavy atom. The third-order valence-corrected chi connectivity index (χ3v) is 2.90. The van der Waals surface area contributed by atoms with E-state index in [4.69, 9.17) is 10.5 Å². The summed E-state index contributed by atoms with van der Waals surface area (Å²) < 4.78 is 6.19. The van der Waals surface area contributed by atoms with Gasteiger partial charge < -0.3 is 15.8 Å². The molecule has 0 bridgehead atoms. The normalized spacial score (nSPS) is 10.9. The minimum Gasteiger partial charge on any atom is -0.444 e. The van der Waals surface area contributed by atoms with E-state index in [9.17, 15) is 9.59 Å². The van der Waals surface area contributed by atoms with Crippen LogP contribution in [0.15, 0.2) is 24.3 Å². The van der Waals surface area contributed by atoms with Gasteiger partial charge in [0.05, 0.1) is 5.69 Å². The van der Waals surface area contributed by atoms with E-state index in [1.165, 1.54) is 0 Å². The Kier molecular flexibility index (Phi) is 5.90. The SMILES string of the molecule is CC(C)(C)OC(=O)NCCc1ccc(N(S)C(N)=O)cc1. The number of alkyl carbamates (subject to hydrolysis) is 1. The lowest BCUT2D eigenvalue weighted by Crippen LogP contribution is -2.33. The molecule has 1 aromatic carbocycles. The van der Waals surface area contributed by atoms with Crippen LogP contribution in [0.1, 0.15) is 26.3 Å². The number of nitrogens with two attached hydrogens (primary N) is 1. The molecule has 21 heavy (non-hydrogen) atoms. The molecule has 0 spiro atoms. The van der Waals surface area contributed by atoms with Crippen LogP contribution in [0.5, 0.6) is 0 Å². The molecule has 0 fully saturated rings. The fraction of sp³-hybridized carbons (Fsp3) is 0.429. The molecule has 6 nitrogen and oxygen atoms in total. The molecule has 3 N–H and O–H groups in total. The molecule has 3 amide bonds. The van der Waals surface area contributed by atoms with Crippen LogP contribution in [0.3, 0.4) is 0 Å². The van der Waals surface area contributed by atoms with Gasteiger partial charge in [-0.1, -0.05) is 24.9 Å². The minimum atomic E-state index is -0.641. The van der Waals surface area contributed by atoms with E-state index in [0.717, 1.165) is 9.87 Å². The van der Waals surface area contributed by atoms with Crippen LogP contribution in [0, 0.1) is 0 Å². The third-order valence-electron chi connectivity index (χ3n) is 2.47. The highest BCUT2D eigenvalue weighted by Crippen LogP contribution is 2.17. The Bertz CT molecular complexity index is 497. The second-order valence-corrected chi connectivity index (χ2v) is 5.90. The zero-order valence-corrected chi connectivity index (χ0v) is 13.3. The van der Waals surface area contributed by atoms with Gasteiger partial charge in [0.25, 0.3) is 0 Å². The second-order valence-electron chi connectivity index (χ2n) is 5.50. The maximum atomic E-state index is 11.5. The number of carbonyl (C=O) groups excluding carboxylic acids is 2. The molecule has 0 aliphatic rings. The Morgan fingerprint density at radius 3 is 2.33 bits per heavy atom. The molecule has 116 valence electrons. The van der Waals surface area contributed by atoms with Crippen LogP contribution in [-0.2, 0) is 11.2 Å². The van der Waals surface area contributed by atoms with Gasteiger partial charge in [0, 0.05) is 6.54 Å². The fourth-order valence-electron chi connectivity index (χ4n) is 1.55. The minimum absolute atomic E-state index is 0.436. The topological polar surface area (TPSA) is 84.7 Å². The van der Waals surface area contributed by atoms with E-state index in [1.54, 1.807) is 12.1 Å². The quantitative estimate of drug-likeness (QED) is 0.747. The Balaban J connectivity index is 2.43. The second kappa shape index (κ2) is 7.21. The lowest BCUT2D eigenvalue weighted by atomic mass is 10.1. The van der Waals surface area contributed by atoms with Crippen LogP contribution in [0.25, 0.3) is 0 Å². The van der Waals surface area contributed by atoms with Crippen molar-refractivity contribution in [2.45, 2.75) is 32.8 Å². The molecule has 7 heteroatoms. The number of nitrogens with one attached hydrogen (secondary N) is 1. The summed E-state index contributed by atoms with van der Waals surface area (Å²) in [5, 5.41) is 2.68. The maximum Gasteiger partial charge on any atom is 0.407 e. The molecule has 0 atom stereocenters. The molecule has 0 saturated carbocycles. The average molecular weight is 311 g/mol. The lowest BCUT2D eigenvalue weighted by Gasteiger charge is -2.19. The summed E-state index contributed by atoms with van der Waals surface area (Å²) in [6.45, 7) is 5.91. The number of anilines is 1. The number of amides is 3. The van der Waals surface area contributed by atoms with E-state index in [1.807, 2.05) is 32.9 Å². The van der Waals surface area contributed by atoms with Crippen LogP contribution in [0.4, 0.5) is 15.3 Å². The van der Waals surface area contributed by atoms with Gasteiger partial charge in [0.2, 0.25) is 0 Å². The van der Waals surface area contributed by atoms with Gasteiger partial charge >= 0.3 is 12.1 Å². The average Bonchev–Trinajstić information content (AvgIpc) is 2.36. The van der Waals surface area contributed by atoms with Gasteiger partial charge in [0.15, 0.2) is 0 Å². The largest absolute Gasteiger partial charge is 0.444 e. The van der Waals surface area contributed by atoms with Gasteiger partial charge in [-0.25, -0.2) is 13.9 Å². The first-order chi connectivity index (χ1) is 9.69. The maximum absolute atomic E-state index is 11.5. The van der Waals surface area contributed by atoms with Crippen LogP contribution >= 0.6 is 12.8 Å². The first-order valence-corrected chi connectivity index (χ1v) is 6.93. The molecule has 0 heterocycles. The van der Waals surface area contributed by atoms with Crippen molar-refractivity contribution in [1.82, 2.24) is 5.32 Å². The predicted octanol–water partition coefficient (Wildman–Crippen LogP) is 2.48. The molecule has 0 unspecified atom stereocenters. The smallest absolute Gasteiger partial charge is 0.407 e. The van der Waals surface area contributed by atoms with Crippen molar-refractivity contribution in [3.05, 3.63) is 29.8 Å². The molecule has 0 aromatic heterocycles. The fourth-order valence-corrected chi connectivity index (χ4v) is 1.69. The van der Waals surface area contributed by atoms with Crippen molar-refractivity contribution >= 4 is 30.6 Å². The molecule has 1 aromatic rings. The molecule has 0 saturated heterocycles. The summed E-state index contributed by atoms with van der Waals surface area (Å²) >= 11 is 3.97. The summed E-state index contributed by atoms with van der Waals surface area (Å²) in [7, 11) is 0. The molecule has 0 aliphatic heterocycles. The van der Waals surface area contributed by atoms with Gasteiger partial charge in [-0.3, -0.25) is 0 Å². The van der Waals surface area contributed by atoms with Crippen LogP contribution in [-0.4, -0.2) is 24.3 Å². The summed E-state index contributed by atoms with van der Waals surface area (Å²) in [6.07, 6.45) is 0.220. The van der Waals surface area contributed by atoms with E-state index in [0.29, 0.717) is 18.7 Å². The first kappa shape index (κ1) is 17.2. The van der Waals surface area contributed by atoms with Gasteiger partial charge in [0.1, 0.15) is 5.60 Å². The van der Waals surface area contributed by atoms with Crippen LogP contribution in [0.2, 0.25) is 0 Å². The number of primary amides is 1. The zero-order chi connectivity index (χ0) is 16.0. The highest BCUT2D eigenvalue weighted by Gasteiger charge is 2.15. The summed E-state index contributed by atoms with van der Waals surface area (Å²) in [6, 6.07) is 6.52. The van der Waals surface area contributed by atoms with Gasteiger partial charge in [-0.2, -0.15) is 0 Å². The Labute approximate surface area is 130 Å². The molecule has 1 rings (SSSR count). The number of rotatable bonds is 4. The van der Waals surface area contributed by atoms with Gasteiger partial charge in [-0.05, 0) is 44.9 Å². The van der Waals surface area contributed by atoms with E-state index in [2.05, 4.69) is 18.1 Å². The zero-order valence-electron chi connectivity index (χ0n) is 12.4. The number of urea groups is 1. The highest BCUT2D eigenvalue weighted by molar-refractivity contribution is 7.82. The standard InChI is InChI=1S/C14H21N3O3S/c1-14(2,3)20-13(19)16-9-8-10-4-6-11(7-5-10)17(21)12(15)18/h4-7,21H,8-9H2,1-3H3,(H2,15,18)(H,16,19). The number of nitrogens with zero attached hydrogens (tertiary/aromatic N) is 1. The number of thiol groups is 1. The Hall–Kier alpha value is -1.89. The Morgan fingerprint density at radius 2 is 1.86 bits per heavy atom. The van der Waals surface area contributed by atoms with E-state index < -0.39 is 17.7 Å². The van der Waals surface area contributed by atoms with E-state index in [-0.39, 0.29) is 0 Å². The van der Waals surface area contributed by atoms with Crippen molar-refractivity contribution in [1.29, 1.82) is 0 Å². The number of carbonyl (C=O) groups is 2. The van der Waals surface area contributed by atoms with Crippen molar-refractivity contribution in [3.8, 4) is 0 Å². The van der Waals surface area contributed by atoms with Crippen molar-refractivity contribution in [2.24, 2.45) is 5.73 Å². The molecule has 0 aliphatic carbocycles. The number of hydrogen-bond donors (Lipinski definition) is 3. The third kappa shape index (κ3) is 6.40. The molecule has 0 radical (unpaired) electrons. The number of hydrogen-bond acceptors (Lipinski definition) is 4. The molecular weight excluding hydrogens is 290 g/mol. The summed E-state index contributed by atoms with van der Waals surface area (Å²) in [4.78, 5) is 22.4. The van der Waals surface area contributed by atoms with Crippen LogP contribution < -0.4 is 15.4 Å². The van der Waals surface area contributed by atoms with Crippen molar-refractivity contribution in [3.63, 3.8) is 0 Å². The predicted molar refractivity (Wildman–Crippen MR) is 85.4 cm³/mol. The monoisotopic (exact) mass is 311 g/mol. The number of benzene rings is 1. The summed E-state index contributed by atoms with van der Waals surface area (Å²) in [5.41, 5.74) is 6.22. The number of ether oxygens (including phenoxy) is 1. The van der Waals surface area contributed by atoms with Crippen molar-refractivity contribution < 1.29 is 14.3 Å². The summed E-state index contributed by atoms with van der Waals surface area (Å²) in [5.74, 6) is 0. The van der Waals surface area contributed by atoms with E-state index >= 15 is 0 Å². The lowest BCUT2D eigenvalue weighted by molar-refractivity contribution is 0.0528. The van der Waals surface area contributed by atoms with Crippen molar-refractivity contribution in [2.75, 3.05) is 10.8 Å². The van der Waals surface area contributed by atoms with Gasteiger partial charge in [-0.15, -0.1) is 0 Å².